The van der Waals surface area contributed by atoms with E-state index < -0.39 is 23.9 Å². The maximum Gasteiger partial charge on any atom is 0.416 e. The molecule has 0 aromatic heterocycles. The summed E-state index contributed by atoms with van der Waals surface area (Å²) in [5.41, 5.74) is -0.170. The first kappa shape index (κ1) is 16.0. The normalized spacial score (nSPS) is 12.7. The minimum Gasteiger partial charge on any atom is -0.322 e. The fourth-order valence-electron chi connectivity index (χ4n) is 1.91. The molecule has 0 aliphatic carbocycles. The van der Waals surface area contributed by atoms with Gasteiger partial charge in [0.25, 0.3) is 5.91 Å². The first-order valence-electron chi connectivity index (χ1n) is 6.52. The summed E-state index contributed by atoms with van der Waals surface area (Å²) in [5.74, 6) is -0.753. The van der Waals surface area contributed by atoms with Crippen LogP contribution < -0.4 is 5.32 Å². The Kier molecular flexibility index (Phi) is 4.80. The third-order valence-electron chi connectivity index (χ3n) is 3.02. The van der Waals surface area contributed by atoms with Gasteiger partial charge in [0.05, 0.1) is 5.56 Å². The topological polar surface area (TPSA) is 29.1 Å². The highest BCUT2D eigenvalue weighted by Crippen LogP contribution is 2.29. The van der Waals surface area contributed by atoms with Crippen molar-refractivity contribution in [2.45, 2.75) is 18.9 Å². The number of halogens is 4. The zero-order valence-corrected chi connectivity index (χ0v) is 11.4. The summed E-state index contributed by atoms with van der Waals surface area (Å²) in [7, 11) is 0. The molecule has 0 spiro atoms. The summed E-state index contributed by atoms with van der Waals surface area (Å²) in [5, 5.41) is 2.12. The zero-order valence-electron chi connectivity index (χ0n) is 11.4. The number of alkyl halides is 4. The molecule has 0 aliphatic heterocycles. The average Bonchev–Trinajstić information content (AvgIpc) is 2.47. The summed E-state index contributed by atoms with van der Waals surface area (Å²) in [4.78, 5) is 11.8. The number of carbonyl (C=O) groups excluding carboxylic acids is 1. The molecule has 22 heavy (non-hydrogen) atoms. The smallest absolute Gasteiger partial charge is 0.322 e. The summed E-state index contributed by atoms with van der Waals surface area (Å²) in [6.45, 7) is 0. The molecule has 0 fully saturated rings. The molecule has 0 radical (unpaired) electrons. The van der Waals surface area contributed by atoms with Crippen molar-refractivity contribution in [3.05, 3.63) is 71.3 Å². The van der Waals surface area contributed by atoms with E-state index in [0.29, 0.717) is 5.56 Å². The summed E-state index contributed by atoms with van der Waals surface area (Å²) >= 11 is 0. The average molecular weight is 311 g/mol. The minimum atomic E-state index is -4.47. The van der Waals surface area contributed by atoms with Crippen molar-refractivity contribution >= 4 is 5.91 Å². The molecule has 0 aliphatic rings. The van der Waals surface area contributed by atoms with Crippen LogP contribution in [-0.2, 0) is 12.6 Å². The standard InChI is InChI=1S/C16H13F4NO/c17-14(10-11-4-2-1-3-5-11)21-15(22)12-6-8-13(9-7-12)16(18,19)20/h1-9,14H,10H2,(H,21,22). The lowest BCUT2D eigenvalue weighted by Gasteiger charge is -2.12. The van der Waals surface area contributed by atoms with Gasteiger partial charge in [0, 0.05) is 12.0 Å². The van der Waals surface area contributed by atoms with Gasteiger partial charge >= 0.3 is 6.18 Å². The van der Waals surface area contributed by atoms with E-state index in [9.17, 15) is 22.4 Å². The van der Waals surface area contributed by atoms with Gasteiger partial charge in [0.15, 0.2) is 6.30 Å². The number of hydrogen-bond acceptors (Lipinski definition) is 1. The molecule has 0 saturated heterocycles. The Labute approximate surface area is 124 Å². The molecule has 2 aromatic rings. The van der Waals surface area contributed by atoms with Gasteiger partial charge in [0.1, 0.15) is 0 Å². The monoisotopic (exact) mass is 311 g/mol. The van der Waals surface area contributed by atoms with Crippen LogP contribution >= 0.6 is 0 Å². The van der Waals surface area contributed by atoms with Crippen molar-refractivity contribution in [1.82, 2.24) is 5.32 Å². The molecule has 116 valence electrons. The van der Waals surface area contributed by atoms with Crippen molar-refractivity contribution in [2.24, 2.45) is 0 Å². The van der Waals surface area contributed by atoms with Crippen LogP contribution in [0.5, 0.6) is 0 Å². The van der Waals surface area contributed by atoms with Gasteiger partial charge < -0.3 is 5.32 Å². The zero-order chi connectivity index (χ0) is 16.2. The quantitative estimate of drug-likeness (QED) is 0.672. The fourth-order valence-corrected chi connectivity index (χ4v) is 1.91. The molecular weight excluding hydrogens is 298 g/mol. The Hall–Kier alpha value is -2.37. The van der Waals surface area contributed by atoms with Crippen molar-refractivity contribution < 1.29 is 22.4 Å². The third-order valence-corrected chi connectivity index (χ3v) is 3.02. The summed E-state index contributed by atoms with van der Waals surface area (Å²) in [6.07, 6.45) is -6.09. The lowest BCUT2D eigenvalue weighted by molar-refractivity contribution is -0.137. The summed E-state index contributed by atoms with van der Waals surface area (Å²) in [6, 6.07) is 12.4. The maximum atomic E-state index is 13.8. The first-order valence-corrected chi connectivity index (χ1v) is 6.52. The minimum absolute atomic E-state index is 0.00673. The number of nitrogens with one attached hydrogen (secondary N) is 1. The molecule has 1 atom stereocenters. The molecule has 6 heteroatoms. The SMILES string of the molecule is O=C(NC(F)Cc1ccccc1)c1ccc(C(F)(F)F)cc1. The van der Waals surface area contributed by atoms with Crippen LogP contribution in [0, 0.1) is 0 Å². The van der Waals surface area contributed by atoms with Gasteiger partial charge in [-0.2, -0.15) is 13.2 Å². The van der Waals surface area contributed by atoms with Crippen LogP contribution in [0.2, 0.25) is 0 Å². The van der Waals surface area contributed by atoms with E-state index in [-0.39, 0.29) is 12.0 Å². The van der Waals surface area contributed by atoms with Crippen LogP contribution in [0.3, 0.4) is 0 Å². The molecule has 0 bridgehead atoms. The van der Waals surface area contributed by atoms with Crippen LogP contribution in [-0.4, -0.2) is 12.2 Å². The molecule has 1 unspecified atom stereocenters. The van der Waals surface area contributed by atoms with E-state index in [0.717, 1.165) is 24.3 Å². The number of benzene rings is 2. The first-order chi connectivity index (χ1) is 10.4. The lowest BCUT2D eigenvalue weighted by atomic mass is 10.1. The van der Waals surface area contributed by atoms with Gasteiger partial charge in [-0.1, -0.05) is 30.3 Å². The van der Waals surface area contributed by atoms with Crippen LogP contribution in [0.15, 0.2) is 54.6 Å². The Balaban J connectivity index is 1.97. The third kappa shape index (κ3) is 4.31. The number of rotatable bonds is 4. The van der Waals surface area contributed by atoms with E-state index in [1.54, 1.807) is 30.3 Å². The number of amides is 1. The van der Waals surface area contributed by atoms with Gasteiger partial charge in [-0.15, -0.1) is 0 Å². The maximum absolute atomic E-state index is 13.8. The molecule has 1 N–H and O–H groups in total. The molecule has 2 aromatic carbocycles. The molecule has 1 amide bonds. The molecule has 2 rings (SSSR count). The second-order valence-corrected chi connectivity index (χ2v) is 4.71. The fraction of sp³-hybridized carbons (Fsp3) is 0.188. The van der Waals surface area contributed by atoms with Crippen LogP contribution in [0.4, 0.5) is 17.6 Å². The number of hydrogen-bond donors (Lipinski definition) is 1. The van der Waals surface area contributed by atoms with Crippen LogP contribution in [0.1, 0.15) is 21.5 Å². The van der Waals surface area contributed by atoms with Gasteiger partial charge in [-0.3, -0.25) is 4.79 Å². The van der Waals surface area contributed by atoms with E-state index in [1.165, 1.54) is 0 Å². The highest BCUT2D eigenvalue weighted by Gasteiger charge is 2.30. The Morgan fingerprint density at radius 1 is 1.00 bits per heavy atom. The van der Waals surface area contributed by atoms with E-state index in [2.05, 4.69) is 5.32 Å². The van der Waals surface area contributed by atoms with Crippen LogP contribution in [0.25, 0.3) is 0 Å². The van der Waals surface area contributed by atoms with E-state index in [4.69, 9.17) is 0 Å². The van der Waals surface area contributed by atoms with E-state index >= 15 is 0 Å². The van der Waals surface area contributed by atoms with Crippen molar-refractivity contribution in [3.63, 3.8) is 0 Å². The van der Waals surface area contributed by atoms with E-state index in [1.807, 2.05) is 0 Å². The highest BCUT2D eigenvalue weighted by atomic mass is 19.4. The lowest BCUT2D eigenvalue weighted by Crippen LogP contribution is -2.33. The van der Waals surface area contributed by atoms with Crippen molar-refractivity contribution in [1.29, 1.82) is 0 Å². The highest BCUT2D eigenvalue weighted by molar-refractivity contribution is 5.94. The van der Waals surface area contributed by atoms with Gasteiger partial charge in [0.2, 0.25) is 0 Å². The largest absolute Gasteiger partial charge is 0.416 e. The predicted molar refractivity (Wildman–Crippen MR) is 74.0 cm³/mol. The number of carbonyl (C=O) groups is 1. The molecular formula is C16H13F4NO. The Morgan fingerprint density at radius 2 is 1.59 bits per heavy atom. The second-order valence-electron chi connectivity index (χ2n) is 4.71. The Morgan fingerprint density at radius 3 is 2.14 bits per heavy atom. The Bertz CT molecular complexity index is 623. The summed E-state index contributed by atoms with van der Waals surface area (Å²) < 4.78 is 51.0. The molecule has 0 saturated carbocycles. The van der Waals surface area contributed by atoms with Crippen molar-refractivity contribution in [3.8, 4) is 0 Å². The second kappa shape index (κ2) is 6.60. The van der Waals surface area contributed by atoms with Gasteiger partial charge in [-0.25, -0.2) is 4.39 Å². The molecule has 2 nitrogen and oxygen atoms in total. The predicted octanol–water partition coefficient (Wildman–Crippen LogP) is 3.97. The molecule has 0 heterocycles. The van der Waals surface area contributed by atoms with Gasteiger partial charge in [-0.05, 0) is 29.8 Å². The van der Waals surface area contributed by atoms with Crippen molar-refractivity contribution in [2.75, 3.05) is 0 Å².